The molecule has 10 nitrogen and oxygen atoms in total. The smallest absolute Gasteiger partial charge is 0.504 e. The maximum atomic E-state index is 13.1. The molecule has 0 aromatic heterocycles. The largest absolute Gasteiger partial charge is 0.506 e. The van der Waals surface area contributed by atoms with E-state index in [0.29, 0.717) is 0 Å². The number of ether oxygens (including phenoxy) is 2. The first-order valence-corrected chi connectivity index (χ1v) is 8.89. The topological polar surface area (TPSA) is 138 Å². The summed E-state index contributed by atoms with van der Waals surface area (Å²) in [5, 5.41) is 19.8. The van der Waals surface area contributed by atoms with Crippen molar-refractivity contribution in [2.75, 3.05) is 19.8 Å². The van der Waals surface area contributed by atoms with Gasteiger partial charge in [-0.1, -0.05) is 18.2 Å². The Morgan fingerprint density at radius 1 is 1.17 bits per heavy atom. The molecular formula is C19H20N3O7+. The maximum absolute atomic E-state index is 13.1. The van der Waals surface area contributed by atoms with Gasteiger partial charge in [-0.15, -0.1) is 0 Å². The van der Waals surface area contributed by atoms with Crippen LogP contribution in [0.15, 0.2) is 41.8 Å². The number of rotatable bonds is 6. The van der Waals surface area contributed by atoms with E-state index in [9.17, 15) is 29.7 Å². The van der Waals surface area contributed by atoms with E-state index in [1.54, 1.807) is 18.2 Å². The van der Waals surface area contributed by atoms with Crippen LogP contribution in [0.4, 0.5) is 0 Å². The number of carbonyl (C=O) groups excluding carboxylic acids is 4. The van der Waals surface area contributed by atoms with Crippen LogP contribution in [-0.2, 0) is 23.9 Å². The number of hydrogen-bond donors (Lipinski definition) is 1. The predicted molar refractivity (Wildman–Crippen MR) is 97.5 cm³/mol. The molecule has 1 N–H and O–H groups in total. The van der Waals surface area contributed by atoms with Crippen LogP contribution < -0.4 is 0 Å². The van der Waals surface area contributed by atoms with Crippen LogP contribution in [0, 0.1) is 10.8 Å². The van der Waals surface area contributed by atoms with Crippen molar-refractivity contribution in [1.82, 2.24) is 4.90 Å². The van der Waals surface area contributed by atoms with Crippen molar-refractivity contribution in [1.29, 1.82) is 5.39 Å². The van der Waals surface area contributed by atoms with Crippen molar-refractivity contribution in [3.05, 3.63) is 52.3 Å². The van der Waals surface area contributed by atoms with Crippen molar-refractivity contribution in [3.8, 4) is 0 Å². The Bertz CT molecular complexity index is 904. The molecule has 1 saturated heterocycles. The third kappa shape index (κ3) is 3.80. The lowest BCUT2D eigenvalue weighted by atomic mass is 9.83. The Labute approximate surface area is 166 Å². The fourth-order valence-electron chi connectivity index (χ4n) is 3.00. The summed E-state index contributed by atoms with van der Waals surface area (Å²) < 4.78 is 9.61. The highest BCUT2D eigenvalue weighted by atomic mass is 16.5. The molecule has 0 bridgehead atoms. The average molecular weight is 402 g/mol. The second-order valence-electron chi connectivity index (χ2n) is 6.02. The number of benzene rings is 1. The van der Waals surface area contributed by atoms with Crippen LogP contribution in [0.1, 0.15) is 30.6 Å². The number of carbonyl (C=O) groups is 4. The van der Waals surface area contributed by atoms with Crippen LogP contribution in [0.3, 0.4) is 0 Å². The molecule has 29 heavy (non-hydrogen) atoms. The van der Waals surface area contributed by atoms with Crippen LogP contribution >= 0.6 is 0 Å². The van der Waals surface area contributed by atoms with Crippen molar-refractivity contribution < 1.29 is 33.8 Å². The van der Waals surface area contributed by atoms with Gasteiger partial charge in [-0.05, 0) is 32.4 Å². The summed E-state index contributed by atoms with van der Waals surface area (Å²) >= 11 is 0. The summed E-state index contributed by atoms with van der Waals surface area (Å²) in [7, 11) is 0. The van der Waals surface area contributed by atoms with Gasteiger partial charge in [0, 0.05) is 12.1 Å². The number of imide groups is 1. The summed E-state index contributed by atoms with van der Waals surface area (Å²) in [6.07, 6.45) is -0.368. The van der Waals surface area contributed by atoms with E-state index < -0.39 is 40.6 Å². The van der Waals surface area contributed by atoms with Gasteiger partial charge in [0.05, 0.1) is 13.2 Å². The molecule has 0 radical (unpaired) electrons. The number of hydrogen-bond acceptors (Lipinski definition) is 8. The summed E-state index contributed by atoms with van der Waals surface area (Å²) in [5.74, 6) is -5.32. The summed E-state index contributed by atoms with van der Waals surface area (Å²) in [6.45, 7) is 2.51. The lowest BCUT2D eigenvalue weighted by Gasteiger charge is -2.23. The Morgan fingerprint density at radius 2 is 1.79 bits per heavy atom. The number of diazo groups is 1. The Morgan fingerprint density at radius 3 is 2.34 bits per heavy atom. The molecular weight excluding hydrogens is 382 g/mol. The molecule has 1 fully saturated rings. The lowest BCUT2D eigenvalue weighted by Crippen LogP contribution is -2.45. The molecule has 1 heterocycles. The minimum absolute atomic E-state index is 0.107. The number of likely N-dealkylation sites (tertiary alicyclic amines) is 1. The summed E-state index contributed by atoms with van der Waals surface area (Å²) in [4.78, 5) is 54.0. The molecule has 1 unspecified atom stereocenters. The average Bonchev–Trinajstić information content (AvgIpc) is 3.07. The van der Waals surface area contributed by atoms with Crippen molar-refractivity contribution in [2.24, 2.45) is 5.41 Å². The number of nitrogens with zero attached hydrogens (tertiary/aromatic N) is 3. The minimum atomic E-state index is -2.41. The monoisotopic (exact) mass is 402 g/mol. The van der Waals surface area contributed by atoms with Crippen molar-refractivity contribution in [3.63, 3.8) is 0 Å². The zero-order valence-corrected chi connectivity index (χ0v) is 16.0. The summed E-state index contributed by atoms with van der Waals surface area (Å²) in [6, 6.07) is 7.88. The van der Waals surface area contributed by atoms with E-state index in [0.717, 1.165) is 4.90 Å². The molecule has 1 aliphatic heterocycles. The highest BCUT2D eigenvalue weighted by Gasteiger charge is 2.62. The van der Waals surface area contributed by atoms with Gasteiger partial charge in [0.2, 0.25) is 16.6 Å². The predicted octanol–water partition coefficient (Wildman–Crippen LogP) is 1.79. The molecule has 2 rings (SSSR count). The SMILES string of the molecule is CCOC(=O)/C([N+]#N)=C(\O)C1(C(=O)OCC)CCN(C(=O)c2ccccc2)C1=O. The second kappa shape index (κ2) is 8.97. The van der Waals surface area contributed by atoms with E-state index in [1.807, 2.05) is 0 Å². The van der Waals surface area contributed by atoms with Crippen LogP contribution in [0.2, 0.25) is 0 Å². The van der Waals surface area contributed by atoms with Gasteiger partial charge >= 0.3 is 17.6 Å². The molecule has 0 saturated carbocycles. The van der Waals surface area contributed by atoms with Crippen molar-refractivity contribution >= 4 is 23.8 Å². The molecule has 0 aliphatic carbocycles. The first-order chi connectivity index (χ1) is 13.8. The number of amides is 2. The van der Waals surface area contributed by atoms with Gasteiger partial charge in [-0.2, -0.15) is 0 Å². The molecule has 1 aromatic rings. The number of aliphatic hydroxyl groups is 1. The van der Waals surface area contributed by atoms with E-state index in [-0.39, 0.29) is 31.7 Å². The zero-order chi connectivity index (χ0) is 21.6. The van der Waals surface area contributed by atoms with Gasteiger partial charge in [-0.25, -0.2) is 4.79 Å². The van der Waals surface area contributed by atoms with E-state index >= 15 is 0 Å². The fraction of sp³-hybridized carbons (Fsp3) is 0.368. The zero-order valence-electron chi connectivity index (χ0n) is 16.0. The first-order valence-electron chi connectivity index (χ1n) is 8.89. The third-order valence-corrected chi connectivity index (χ3v) is 4.41. The second-order valence-corrected chi connectivity index (χ2v) is 6.02. The fourth-order valence-corrected chi connectivity index (χ4v) is 3.00. The molecule has 1 aliphatic rings. The Kier molecular flexibility index (Phi) is 6.67. The van der Waals surface area contributed by atoms with Crippen LogP contribution in [0.25, 0.3) is 4.98 Å². The minimum Gasteiger partial charge on any atom is -0.504 e. The first kappa shape index (κ1) is 21.6. The van der Waals surface area contributed by atoms with Gasteiger partial charge in [0.15, 0.2) is 4.98 Å². The van der Waals surface area contributed by atoms with Crippen molar-refractivity contribution in [2.45, 2.75) is 20.3 Å². The lowest BCUT2D eigenvalue weighted by molar-refractivity contribution is -0.159. The highest BCUT2D eigenvalue weighted by Crippen LogP contribution is 2.41. The molecule has 10 heteroatoms. The van der Waals surface area contributed by atoms with E-state index in [1.165, 1.54) is 26.0 Å². The molecule has 152 valence electrons. The summed E-state index contributed by atoms with van der Waals surface area (Å²) in [5.41, 5.74) is -3.22. The van der Waals surface area contributed by atoms with E-state index in [4.69, 9.17) is 4.74 Å². The molecule has 1 aromatic carbocycles. The highest BCUT2D eigenvalue weighted by molar-refractivity contribution is 6.16. The standard InChI is InChI=1S/C19H19N3O7/c1-3-28-16(25)13(21-20)14(23)19(18(27)29-4-2)10-11-22(17(19)26)15(24)12-8-6-5-7-9-12/h5-9H,3-4,10-11H2,1-2H3/p+1. The molecule has 1 atom stereocenters. The van der Waals surface area contributed by atoms with Gasteiger partial charge in [-0.3, -0.25) is 19.3 Å². The van der Waals surface area contributed by atoms with Crippen LogP contribution in [0.5, 0.6) is 0 Å². The van der Waals surface area contributed by atoms with Crippen LogP contribution in [-0.4, -0.2) is 53.5 Å². The number of esters is 2. The van der Waals surface area contributed by atoms with Gasteiger partial charge in [0.25, 0.3) is 11.8 Å². The van der Waals surface area contributed by atoms with E-state index in [2.05, 4.69) is 9.71 Å². The Balaban J connectivity index is 2.56. The quantitative estimate of drug-likeness (QED) is 0.190. The maximum Gasteiger partial charge on any atom is 0.506 e. The normalized spacial score (nSPS) is 19.2. The van der Waals surface area contributed by atoms with Gasteiger partial charge in [0.1, 0.15) is 0 Å². The molecule has 2 amide bonds. The molecule has 0 spiro atoms. The Hall–Kier alpha value is -3.74. The number of aliphatic hydroxyl groups excluding tert-OH is 1. The third-order valence-electron chi connectivity index (χ3n) is 4.41. The van der Waals surface area contributed by atoms with Gasteiger partial charge < -0.3 is 14.6 Å².